The number of nitrogens with one attached hydrogen (secondary N) is 1. The summed E-state index contributed by atoms with van der Waals surface area (Å²) in [6.07, 6.45) is 8.52. The highest BCUT2D eigenvalue weighted by Gasteiger charge is 2.25. The topological polar surface area (TPSA) is 57.7 Å². The minimum atomic E-state index is 0.113. The number of carbonyl (C=O) groups is 1. The monoisotopic (exact) mass is 392 g/mol. The van der Waals surface area contributed by atoms with Gasteiger partial charge >= 0.3 is 0 Å². The van der Waals surface area contributed by atoms with Crippen molar-refractivity contribution in [1.82, 2.24) is 20.1 Å². The lowest BCUT2D eigenvalue weighted by Gasteiger charge is -2.27. The second-order valence-corrected chi connectivity index (χ2v) is 9.21. The summed E-state index contributed by atoms with van der Waals surface area (Å²) in [5.41, 5.74) is 1.21. The van der Waals surface area contributed by atoms with E-state index in [4.69, 9.17) is 9.72 Å². The molecule has 1 N–H and O–H groups in total. The quantitative estimate of drug-likeness (QED) is 0.804. The Morgan fingerprint density at radius 3 is 2.89 bits per heavy atom. The van der Waals surface area contributed by atoms with Gasteiger partial charge in [0.1, 0.15) is 11.6 Å². The van der Waals surface area contributed by atoms with Crippen LogP contribution in [0.1, 0.15) is 54.1 Å². The van der Waals surface area contributed by atoms with Crippen molar-refractivity contribution in [2.24, 2.45) is 0 Å². The van der Waals surface area contributed by atoms with Gasteiger partial charge in [-0.25, -0.2) is 4.98 Å². The Kier molecular flexibility index (Phi) is 6.76. The van der Waals surface area contributed by atoms with E-state index in [-0.39, 0.29) is 12.5 Å². The van der Waals surface area contributed by atoms with Crippen molar-refractivity contribution in [3.63, 3.8) is 0 Å². The van der Waals surface area contributed by atoms with Gasteiger partial charge in [0.05, 0.1) is 25.4 Å². The maximum absolute atomic E-state index is 12.5. The minimum absolute atomic E-state index is 0.113. The number of rotatable bonds is 6. The van der Waals surface area contributed by atoms with Crippen molar-refractivity contribution in [2.45, 2.75) is 64.1 Å². The normalized spacial score (nSPS) is 24.0. The van der Waals surface area contributed by atoms with Crippen LogP contribution in [-0.2, 0) is 29.0 Å². The Labute approximate surface area is 166 Å². The van der Waals surface area contributed by atoms with Gasteiger partial charge in [0.15, 0.2) is 0 Å². The van der Waals surface area contributed by atoms with Gasteiger partial charge in [0.25, 0.3) is 0 Å². The Bertz CT molecular complexity index is 623. The molecule has 0 aliphatic carbocycles. The second-order valence-electron chi connectivity index (χ2n) is 8.04. The summed E-state index contributed by atoms with van der Waals surface area (Å²) in [6.45, 7) is 6.76. The minimum Gasteiger partial charge on any atom is -0.370 e. The number of nitrogens with zero attached hydrogens (tertiary/aromatic N) is 3. The van der Waals surface area contributed by atoms with Crippen LogP contribution in [0.5, 0.6) is 0 Å². The maximum Gasteiger partial charge on any atom is 0.248 e. The molecule has 27 heavy (non-hydrogen) atoms. The van der Waals surface area contributed by atoms with E-state index in [2.05, 4.69) is 10.2 Å². The molecule has 0 bridgehead atoms. The fraction of sp³-hybridized carbons (Fsp3) is 0.800. The number of carbonyl (C=O) groups excluding carboxylic acids is 1. The van der Waals surface area contributed by atoms with Gasteiger partial charge in [-0.15, -0.1) is 11.3 Å². The largest absolute Gasteiger partial charge is 0.370 e. The third kappa shape index (κ3) is 5.28. The molecular formula is C20H32N4O2S. The van der Waals surface area contributed by atoms with Gasteiger partial charge < -0.3 is 15.0 Å². The predicted molar refractivity (Wildman–Crippen MR) is 107 cm³/mol. The molecule has 6 nitrogen and oxygen atoms in total. The molecule has 3 aliphatic rings. The summed E-state index contributed by atoms with van der Waals surface area (Å²) < 4.78 is 5.71. The van der Waals surface area contributed by atoms with E-state index in [1.54, 1.807) is 11.3 Å². The summed E-state index contributed by atoms with van der Waals surface area (Å²) in [7, 11) is 0. The molecule has 4 rings (SSSR count). The summed E-state index contributed by atoms with van der Waals surface area (Å²) >= 11 is 1.80. The van der Waals surface area contributed by atoms with E-state index in [1.807, 2.05) is 4.90 Å². The lowest BCUT2D eigenvalue weighted by molar-refractivity contribution is -0.137. The SMILES string of the molecule is O=C(COCC1CCCCN1)N1CCc2nc(CN3CCCCC3)sc2C1. The molecule has 1 amide bonds. The van der Waals surface area contributed by atoms with Crippen LogP contribution in [0.25, 0.3) is 0 Å². The first-order valence-corrected chi connectivity index (χ1v) is 11.4. The number of likely N-dealkylation sites (tertiary alicyclic amines) is 1. The van der Waals surface area contributed by atoms with E-state index < -0.39 is 0 Å². The Hall–Kier alpha value is -1.02. The van der Waals surface area contributed by atoms with Crippen LogP contribution < -0.4 is 5.32 Å². The smallest absolute Gasteiger partial charge is 0.248 e. The summed E-state index contributed by atoms with van der Waals surface area (Å²) in [6, 6.07) is 0.415. The van der Waals surface area contributed by atoms with Crippen molar-refractivity contribution in [3.8, 4) is 0 Å². The molecule has 1 aromatic heterocycles. The molecule has 2 saturated heterocycles. The summed E-state index contributed by atoms with van der Waals surface area (Å²) in [5.74, 6) is 0.113. The highest BCUT2D eigenvalue weighted by Crippen LogP contribution is 2.26. The van der Waals surface area contributed by atoms with Crippen molar-refractivity contribution in [3.05, 3.63) is 15.6 Å². The molecule has 0 saturated carbocycles. The molecule has 1 aromatic rings. The van der Waals surface area contributed by atoms with Crippen LogP contribution in [-0.4, -0.2) is 66.1 Å². The molecule has 3 aliphatic heterocycles. The van der Waals surface area contributed by atoms with Crippen LogP contribution in [0.3, 0.4) is 0 Å². The van der Waals surface area contributed by atoms with Crippen LogP contribution in [0.4, 0.5) is 0 Å². The molecule has 0 aromatic carbocycles. The third-order valence-corrected chi connectivity index (χ3v) is 6.96. The van der Waals surface area contributed by atoms with Crippen LogP contribution in [0, 0.1) is 0 Å². The van der Waals surface area contributed by atoms with Crippen LogP contribution in [0.15, 0.2) is 0 Å². The molecular weight excluding hydrogens is 360 g/mol. The van der Waals surface area contributed by atoms with Crippen LogP contribution in [0.2, 0.25) is 0 Å². The van der Waals surface area contributed by atoms with E-state index >= 15 is 0 Å². The lowest BCUT2D eigenvalue weighted by Crippen LogP contribution is -2.40. The standard InChI is InChI=1S/C20H32N4O2S/c25-20(15-26-14-16-6-2-3-8-21-16)24-11-7-17-18(12-24)27-19(22-17)13-23-9-4-1-5-10-23/h16,21H,1-15H2. The highest BCUT2D eigenvalue weighted by atomic mass is 32.1. The molecule has 0 spiro atoms. The molecule has 1 atom stereocenters. The Morgan fingerprint density at radius 1 is 1.19 bits per heavy atom. The lowest BCUT2D eigenvalue weighted by atomic mass is 10.1. The van der Waals surface area contributed by atoms with Gasteiger partial charge in [0, 0.05) is 23.9 Å². The van der Waals surface area contributed by atoms with Crippen molar-refractivity contribution >= 4 is 17.2 Å². The number of fused-ring (bicyclic) bond motifs is 1. The van der Waals surface area contributed by atoms with Gasteiger partial charge in [-0.3, -0.25) is 9.69 Å². The number of hydrogen-bond acceptors (Lipinski definition) is 6. The maximum atomic E-state index is 12.5. The molecule has 7 heteroatoms. The third-order valence-electron chi connectivity index (χ3n) is 5.89. The van der Waals surface area contributed by atoms with Gasteiger partial charge in [0.2, 0.25) is 5.91 Å². The van der Waals surface area contributed by atoms with E-state index in [1.165, 1.54) is 60.8 Å². The van der Waals surface area contributed by atoms with Gasteiger partial charge in [-0.05, 0) is 45.3 Å². The zero-order chi connectivity index (χ0) is 18.5. The zero-order valence-electron chi connectivity index (χ0n) is 16.3. The first-order chi connectivity index (χ1) is 13.3. The number of amides is 1. The first-order valence-electron chi connectivity index (χ1n) is 10.6. The fourth-order valence-electron chi connectivity index (χ4n) is 4.28. The molecule has 150 valence electrons. The van der Waals surface area contributed by atoms with E-state index in [9.17, 15) is 4.79 Å². The number of ether oxygens (including phenoxy) is 1. The molecule has 4 heterocycles. The summed E-state index contributed by atoms with van der Waals surface area (Å²) in [5, 5.41) is 4.68. The molecule has 2 fully saturated rings. The number of aromatic nitrogens is 1. The van der Waals surface area contributed by atoms with Gasteiger partial charge in [-0.1, -0.05) is 12.8 Å². The van der Waals surface area contributed by atoms with Crippen molar-refractivity contribution in [1.29, 1.82) is 0 Å². The number of thiazole rings is 1. The van der Waals surface area contributed by atoms with Crippen molar-refractivity contribution in [2.75, 3.05) is 39.4 Å². The number of piperidine rings is 2. The van der Waals surface area contributed by atoms with E-state index in [0.29, 0.717) is 19.2 Å². The Morgan fingerprint density at radius 2 is 2.07 bits per heavy atom. The predicted octanol–water partition coefficient (Wildman–Crippen LogP) is 2.17. The second kappa shape index (κ2) is 9.45. The fourth-order valence-corrected chi connectivity index (χ4v) is 5.46. The first kappa shape index (κ1) is 19.3. The van der Waals surface area contributed by atoms with Crippen molar-refractivity contribution < 1.29 is 9.53 Å². The van der Waals surface area contributed by atoms with Crippen LogP contribution >= 0.6 is 11.3 Å². The van der Waals surface area contributed by atoms with E-state index in [0.717, 1.165) is 32.5 Å². The average Bonchev–Trinajstić information content (AvgIpc) is 3.11. The zero-order valence-corrected chi connectivity index (χ0v) is 17.1. The molecule has 1 unspecified atom stereocenters. The van der Waals surface area contributed by atoms with Gasteiger partial charge in [-0.2, -0.15) is 0 Å². The summed E-state index contributed by atoms with van der Waals surface area (Å²) in [4.78, 5) is 23.1. The number of hydrogen-bond donors (Lipinski definition) is 1. The average molecular weight is 393 g/mol. The highest BCUT2D eigenvalue weighted by molar-refractivity contribution is 7.11. The molecule has 0 radical (unpaired) electrons. The Balaban J connectivity index is 1.24.